The van der Waals surface area contributed by atoms with Gasteiger partial charge in [0.05, 0.1) is 17.5 Å². The Balaban J connectivity index is 1.64. The van der Waals surface area contributed by atoms with Gasteiger partial charge >= 0.3 is 0 Å². The lowest BCUT2D eigenvalue weighted by Crippen LogP contribution is -2.32. The van der Waals surface area contributed by atoms with E-state index in [0.717, 1.165) is 15.6 Å². The molecule has 2 aromatic rings. The van der Waals surface area contributed by atoms with E-state index in [2.05, 4.69) is 26.6 Å². The fraction of sp³-hybridized carbons (Fsp3) is 0.300. The lowest BCUT2D eigenvalue weighted by Gasteiger charge is -2.21. The monoisotopic (exact) mass is 466 g/mol. The zero-order chi connectivity index (χ0) is 20.1. The molecule has 1 unspecified atom stereocenters. The van der Waals surface area contributed by atoms with Gasteiger partial charge in [-0.3, -0.25) is 9.59 Å². The normalized spacial score (nSPS) is 13.5. The number of fused-ring (bicyclic) bond motifs is 1. The summed E-state index contributed by atoms with van der Waals surface area (Å²) in [5.41, 5.74) is 1.67. The first kappa shape index (κ1) is 20.5. The number of benzene rings is 2. The van der Waals surface area contributed by atoms with Crippen LogP contribution in [0, 0.1) is 0 Å². The standard InChI is InChI=1S/C20H20BrClN2O4/c1-12(25)24-17(14-2-4-15(21)5-3-14)10-19(26)23-11-13-8-16(22)20-18(9-13)27-6-7-28-20/h2-5,8-9,17H,6-7,10-11H2,1H3,(H,23,26)(H,24,25). The van der Waals surface area contributed by atoms with Crippen LogP contribution in [-0.2, 0) is 16.1 Å². The first-order valence-corrected chi connectivity index (χ1v) is 9.97. The van der Waals surface area contributed by atoms with E-state index in [1.807, 2.05) is 24.3 Å². The van der Waals surface area contributed by atoms with Crippen molar-refractivity contribution in [3.05, 3.63) is 57.0 Å². The largest absolute Gasteiger partial charge is 0.486 e. The van der Waals surface area contributed by atoms with Gasteiger partial charge in [0, 0.05) is 17.9 Å². The molecule has 3 rings (SSSR count). The van der Waals surface area contributed by atoms with Crippen LogP contribution < -0.4 is 20.1 Å². The van der Waals surface area contributed by atoms with Gasteiger partial charge < -0.3 is 20.1 Å². The Morgan fingerprint density at radius 2 is 1.89 bits per heavy atom. The molecule has 148 valence electrons. The number of carbonyl (C=O) groups excluding carboxylic acids is 2. The average Bonchev–Trinajstić information content (AvgIpc) is 2.66. The second-order valence-corrected chi connectivity index (χ2v) is 7.71. The Hall–Kier alpha value is -2.25. The zero-order valence-electron chi connectivity index (χ0n) is 15.3. The molecule has 8 heteroatoms. The molecule has 1 heterocycles. The molecule has 0 saturated carbocycles. The number of halogens is 2. The van der Waals surface area contributed by atoms with Crippen LogP contribution in [0.1, 0.15) is 30.5 Å². The smallest absolute Gasteiger partial charge is 0.222 e. The summed E-state index contributed by atoms with van der Waals surface area (Å²) < 4.78 is 12.0. The Kier molecular flexibility index (Phi) is 6.80. The second-order valence-electron chi connectivity index (χ2n) is 6.39. The minimum Gasteiger partial charge on any atom is -0.486 e. The van der Waals surface area contributed by atoms with Gasteiger partial charge in [0.25, 0.3) is 0 Å². The van der Waals surface area contributed by atoms with Crippen LogP contribution in [0.4, 0.5) is 0 Å². The molecule has 28 heavy (non-hydrogen) atoms. The Labute approximate surface area is 176 Å². The Morgan fingerprint density at radius 1 is 1.18 bits per heavy atom. The highest BCUT2D eigenvalue weighted by atomic mass is 79.9. The van der Waals surface area contributed by atoms with E-state index < -0.39 is 6.04 Å². The van der Waals surface area contributed by atoms with Crippen LogP contribution in [0.15, 0.2) is 40.9 Å². The molecule has 0 bridgehead atoms. The van der Waals surface area contributed by atoms with Crippen LogP contribution in [0.2, 0.25) is 5.02 Å². The van der Waals surface area contributed by atoms with Crippen molar-refractivity contribution in [1.29, 1.82) is 0 Å². The maximum Gasteiger partial charge on any atom is 0.222 e. The summed E-state index contributed by atoms with van der Waals surface area (Å²) in [5, 5.41) is 6.14. The first-order valence-electron chi connectivity index (χ1n) is 8.79. The number of carbonyl (C=O) groups is 2. The van der Waals surface area contributed by atoms with Crippen LogP contribution in [0.5, 0.6) is 11.5 Å². The fourth-order valence-electron chi connectivity index (χ4n) is 2.92. The molecule has 2 amide bonds. The van der Waals surface area contributed by atoms with E-state index in [1.165, 1.54) is 6.92 Å². The second kappa shape index (κ2) is 9.30. The molecule has 0 spiro atoms. The van der Waals surface area contributed by atoms with Crippen molar-refractivity contribution in [2.24, 2.45) is 0 Å². The lowest BCUT2D eigenvalue weighted by molar-refractivity contribution is -0.122. The van der Waals surface area contributed by atoms with Gasteiger partial charge in [0.1, 0.15) is 13.2 Å². The Bertz CT molecular complexity index is 873. The molecule has 0 aliphatic carbocycles. The topological polar surface area (TPSA) is 76.7 Å². The molecule has 1 atom stereocenters. The van der Waals surface area contributed by atoms with Gasteiger partial charge in [0.2, 0.25) is 11.8 Å². The van der Waals surface area contributed by atoms with Crippen LogP contribution >= 0.6 is 27.5 Å². The minimum atomic E-state index is -0.408. The highest BCUT2D eigenvalue weighted by molar-refractivity contribution is 9.10. The SMILES string of the molecule is CC(=O)NC(CC(=O)NCc1cc(Cl)c2c(c1)OCCO2)c1ccc(Br)cc1. The molecule has 0 radical (unpaired) electrons. The number of nitrogens with one attached hydrogen (secondary N) is 2. The lowest BCUT2D eigenvalue weighted by atomic mass is 10.0. The molecule has 0 aromatic heterocycles. The molecule has 0 fully saturated rings. The van der Waals surface area contributed by atoms with E-state index in [9.17, 15) is 9.59 Å². The summed E-state index contributed by atoms with van der Waals surface area (Å²) in [6.07, 6.45) is 0.125. The zero-order valence-corrected chi connectivity index (χ0v) is 17.6. The summed E-state index contributed by atoms with van der Waals surface area (Å²) >= 11 is 9.61. The van der Waals surface area contributed by atoms with Crippen LogP contribution in [0.3, 0.4) is 0 Å². The highest BCUT2D eigenvalue weighted by Crippen LogP contribution is 2.38. The number of hydrogen-bond acceptors (Lipinski definition) is 4. The van der Waals surface area contributed by atoms with Crippen molar-refractivity contribution >= 4 is 39.3 Å². The van der Waals surface area contributed by atoms with E-state index in [-0.39, 0.29) is 18.2 Å². The molecule has 1 aliphatic rings. The minimum absolute atomic E-state index is 0.125. The quantitative estimate of drug-likeness (QED) is 0.678. The van der Waals surface area contributed by atoms with Crippen molar-refractivity contribution in [2.45, 2.75) is 25.9 Å². The van der Waals surface area contributed by atoms with Gasteiger partial charge in [-0.25, -0.2) is 0 Å². The molecule has 0 saturated heterocycles. The molecule has 1 aliphatic heterocycles. The molecular formula is C20H20BrClN2O4. The van der Waals surface area contributed by atoms with E-state index in [0.29, 0.717) is 36.3 Å². The summed E-state index contributed by atoms with van der Waals surface area (Å²) in [6.45, 7) is 2.65. The van der Waals surface area contributed by atoms with Crippen LogP contribution in [0.25, 0.3) is 0 Å². The van der Waals surface area contributed by atoms with Gasteiger partial charge in [-0.1, -0.05) is 39.7 Å². The molecule has 2 aromatic carbocycles. The van der Waals surface area contributed by atoms with Crippen LogP contribution in [-0.4, -0.2) is 25.0 Å². The van der Waals surface area contributed by atoms with E-state index in [4.69, 9.17) is 21.1 Å². The highest BCUT2D eigenvalue weighted by Gasteiger charge is 2.19. The Morgan fingerprint density at radius 3 is 2.61 bits per heavy atom. The number of hydrogen-bond donors (Lipinski definition) is 2. The van der Waals surface area contributed by atoms with Crippen molar-refractivity contribution < 1.29 is 19.1 Å². The predicted molar refractivity (Wildman–Crippen MR) is 110 cm³/mol. The van der Waals surface area contributed by atoms with Crippen molar-refractivity contribution in [3.8, 4) is 11.5 Å². The summed E-state index contributed by atoms with van der Waals surface area (Å²) in [7, 11) is 0. The van der Waals surface area contributed by atoms with Gasteiger partial charge in [-0.15, -0.1) is 0 Å². The predicted octanol–water partition coefficient (Wildman–Crippen LogP) is 3.76. The molecule has 6 nitrogen and oxygen atoms in total. The maximum absolute atomic E-state index is 12.5. The number of amides is 2. The van der Waals surface area contributed by atoms with E-state index in [1.54, 1.807) is 12.1 Å². The van der Waals surface area contributed by atoms with Gasteiger partial charge in [0.15, 0.2) is 11.5 Å². The fourth-order valence-corrected chi connectivity index (χ4v) is 3.47. The van der Waals surface area contributed by atoms with E-state index >= 15 is 0 Å². The summed E-state index contributed by atoms with van der Waals surface area (Å²) in [6, 6.07) is 10.6. The van der Waals surface area contributed by atoms with Crippen molar-refractivity contribution in [3.63, 3.8) is 0 Å². The van der Waals surface area contributed by atoms with Gasteiger partial charge in [-0.2, -0.15) is 0 Å². The maximum atomic E-state index is 12.5. The van der Waals surface area contributed by atoms with Crippen molar-refractivity contribution in [2.75, 3.05) is 13.2 Å². The molecular weight excluding hydrogens is 448 g/mol. The average molecular weight is 468 g/mol. The third kappa shape index (κ3) is 5.39. The summed E-state index contributed by atoms with van der Waals surface area (Å²) in [4.78, 5) is 24.0. The number of ether oxygens (including phenoxy) is 2. The third-order valence-corrected chi connectivity index (χ3v) is 5.00. The molecule has 2 N–H and O–H groups in total. The third-order valence-electron chi connectivity index (χ3n) is 4.19. The first-order chi connectivity index (χ1) is 13.4. The summed E-state index contributed by atoms with van der Waals surface area (Å²) in [5.74, 6) is 0.727. The number of rotatable bonds is 6. The van der Waals surface area contributed by atoms with Gasteiger partial charge in [-0.05, 0) is 35.4 Å². The van der Waals surface area contributed by atoms with Crippen molar-refractivity contribution in [1.82, 2.24) is 10.6 Å².